The molecule has 1 saturated heterocycles. The van der Waals surface area contributed by atoms with E-state index in [1.165, 1.54) is 16.7 Å². The Morgan fingerprint density at radius 2 is 1.50 bits per heavy atom. The van der Waals surface area contributed by atoms with Gasteiger partial charge < -0.3 is 10.6 Å². The number of urea groups is 1. The van der Waals surface area contributed by atoms with Crippen LogP contribution in [0.1, 0.15) is 56.2 Å². The smallest absolute Gasteiger partial charge is 0.319 e. The molecular formula is C23H30N2OS2. The van der Waals surface area contributed by atoms with Gasteiger partial charge in [-0.25, -0.2) is 4.79 Å². The van der Waals surface area contributed by atoms with Crippen molar-refractivity contribution in [2.24, 2.45) is 0 Å². The summed E-state index contributed by atoms with van der Waals surface area (Å²) in [6.07, 6.45) is 0. The van der Waals surface area contributed by atoms with E-state index < -0.39 is 0 Å². The molecule has 1 fully saturated rings. The van der Waals surface area contributed by atoms with Crippen LogP contribution in [-0.4, -0.2) is 24.1 Å². The third-order valence-electron chi connectivity index (χ3n) is 5.06. The van der Waals surface area contributed by atoms with Crippen LogP contribution < -0.4 is 10.6 Å². The van der Waals surface area contributed by atoms with E-state index in [0.717, 1.165) is 17.2 Å². The number of rotatable bonds is 6. The molecule has 0 saturated carbocycles. The van der Waals surface area contributed by atoms with Crippen molar-refractivity contribution in [1.29, 1.82) is 0 Å². The summed E-state index contributed by atoms with van der Waals surface area (Å²) >= 11 is 3.86. The number of thioether (sulfide) groups is 2. The van der Waals surface area contributed by atoms with Gasteiger partial charge in [-0.2, -0.15) is 0 Å². The number of carbonyl (C=O) groups is 1. The van der Waals surface area contributed by atoms with Gasteiger partial charge in [0.15, 0.2) is 0 Å². The fraction of sp³-hybridized carbons (Fsp3) is 0.435. The van der Waals surface area contributed by atoms with Gasteiger partial charge in [0.2, 0.25) is 0 Å². The molecule has 0 unspecified atom stereocenters. The van der Waals surface area contributed by atoms with Gasteiger partial charge >= 0.3 is 6.03 Å². The zero-order chi connectivity index (χ0) is 20.1. The van der Waals surface area contributed by atoms with E-state index in [-0.39, 0.29) is 10.1 Å². The highest BCUT2D eigenvalue weighted by Crippen LogP contribution is 2.51. The highest BCUT2D eigenvalue weighted by atomic mass is 32.2. The maximum Gasteiger partial charge on any atom is 0.319 e. The molecule has 0 aliphatic carbocycles. The van der Waals surface area contributed by atoms with Crippen molar-refractivity contribution in [2.75, 3.05) is 23.4 Å². The summed E-state index contributed by atoms with van der Waals surface area (Å²) in [6, 6.07) is 16.7. The van der Waals surface area contributed by atoms with Crippen molar-refractivity contribution < 1.29 is 4.79 Å². The minimum atomic E-state index is -0.126. The van der Waals surface area contributed by atoms with Crippen LogP contribution in [0.3, 0.4) is 0 Å². The van der Waals surface area contributed by atoms with Crippen LogP contribution in [0.5, 0.6) is 0 Å². The first-order valence-electron chi connectivity index (χ1n) is 9.94. The zero-order valence-electron chi connectivity index (χ0n) is 17.1. The maximum absolute atomic E-state index is 12.9. The molecule has 2 aromatic carbocycles. The Hall–Kier alpha value is -1.59. The van der Waals surface area contributed by atoms with E-state index in [2.05, 4.69) is 80.8 Å². The number of benzene rings is 2. The van der Waals surface area contributed by atoms with Crippen LogP contribution in [0.4, 0.5) is 10.5 Å². The number of amides is 2. The highest BCUT2D eigenvalue weighted by Gasteiger charge is 2.37. The Labute approximate surface area is 177 Å². The van der Waals surface area contributed by atoms with E-state index in [1.54, 1.807) is 0 Å². The number of anilines is 1. The van der Waals surface area contributed by atoms with Gasteiger partial charge in [0.1, 0.15) is 4.08 Å². The van der Waals surface area contributed by atoms with E-state index in [9.17, 15) is 4.79 Å². The second-order valence-electron chi connectivity index (χ2n) is 7.74. The summed E-state index contributed by atoms with van der Waals surface area (Å²) in [6.45, 7) is 9.27. The van der Waals surface area contributed by atoms with Crippen molar-refractivity contribution in [1.82, 2.24) is 5.32 Å². The summed E-state index contributed by atoms with van der Waals surface area (Å²) in [5, 5.41) is 6.32. The first-order chi connectivity index (χ1) is 13.4. The molecule has 2 N–H and O–H groups in total. The molecule has 28 heavy (non-hydrogen) atoms. The van der Waals surface area contributed by atoms with Gasteiger partial charge in [0.05, 0.1) is 0 Å². The number of hydrogen-bond donors (Lipinski definition) is 2. The second kappa shape index (κ2) is 9.27. The lowest BCUT2D eigenvalue weighted by molar-refractivity contribution is 0.252. The quantitative estimate of drug-likeness (QED) is 0.575. The Morgan fingerprint density at radius 3 is 2.04 bits per heavy atom. The molecule has 1 aliphatic rings. The van der Waals surface area contributed by atoms with Gasteiger partial charge in [-0.05, 0) is 28.5 Å². The van der Waals surface area contributed by atoms with Crippen molar-refractivity contribution >= 4 is 35.2 Å². The second-order valence-corrected chi connectivity index (χ2v) is 10.8. The third kappa shape index (κ3) is 4.69. The topological polar surface area (TPSA) is 41.1 Å². The van der Waals surface area contributed by atoms with Crippen LogP contribution in [0.2, 0.25) is 0 Å². The Bertz CT molecular complexity index is 773. The van der Waals surface area contributed by atoms with Crippen molar-refractivity contribution in [3.8, 4) is 0 Å². The van der Waals surface area contributed by atoms with Crippen LogP contribution in [0, 0.1) is 0 Å². The van der Waals surface area contributed by atoms with Crippen molar-refractivity contribution in [3.05, 3.63) is 65.2 Å². The standard InChI is InChI=1S/C23H30N2OS2/c1-16(2)19-11-8-12-20(17(3)4)21(19)25-22(26)24-15-23(27-13-14-28-23)18-9-6-5-7-10-18/h5-12,16-17H,13-15H2,1-4H3,(H2,24,25,26). The molecule has 0 atom stereocenters. The normalized spacial score (nSPS) is 15.8. The van der Waals surface area contributed by atoms with Crippen molar-refractivity contribution in [2.45, 2.75) is 43.6 Å². The first-order valence-corrected chi connectivity index (χ1v) is 11.9. The fourth-order valence-electron chi connectivity index (χ4n) is 3.57. The summed E-state index contributed by atoms with van der Waals surface area (Å²) in [5.41, 5.74) is 4.60. The predicted molar refractivity (Wildman–Crippen MR) is 125 cm³/mol. The molecule has 0 radical (unpaired) electrons. The molecular weight excluding hydrogens is 384 g/mol. The van der Waals surface area contributed by atoms with Gasteiger partial charge in [-0.1, -0.05) is 76.2 Å². The van der Waals surface area contributed by atoms with E-state index >= 15 is 0 Å². The van der Waals surface area contributed by atoms with Crippen LogP contribution in [0.25, 0.3) is 0 Å². The third-order valence-corrected chi connectivity index (χ3v) is 8.54. The van der Waals surface area contributed by atoms with Crippen LogP contribution >= 0.6 is 23.5 Å². The van der Waals surface area contributed by atoms with E-state index in [0.29, 0.717) is 18.4 Å². The average molecular weight is 415 g/mol. The predicted octanol–water partition coefficient (Wildman–Crippen LogP) is 6.39. The summed E-state index contributed by atoms with van der Waals surface area (Å²) in [4.78, 5) is 12.9. The van der Waals surface area contributed by atoms with Crippen LogP contribution in [-0.2, 0) is 4.08 Å². The number of nitrogens with one attached hydrogen (secondary N) is 2. The zero-order valence-corrected chi connectivity index (χ0v) is 18.8. The minimum Gasteiger partial charge on any atom is -0.335 e. The molecule has 1 aliphatic heterocycles. The van der Waals surface area contributed by atoms with E-state index in [4.69, 9.17) is 0 Å². The molecule has 3 nitrogen and oxygen atoms in total. The SMILES string of the molecule is CC(C)c1cccc(C(C)C)c1NC(=O)NCC1(c2ccccc2)SCCS1. The van der Waals surface area contributed by atoms with Gasteiger partial charge in [-0.15, -0.1) is 23.5 Å². The average Bonchev–Trinajstić information content (AvgIpc) is 3.17. The molecule has 3 rings (SSSR count). The summed E-state index contributed by atoms with van der Waals surface area (Å²) < 4.78 is -0.100. The number of para-hydroxylation sites is 1. The molecule has 0 aromatic heterocycles. The first kappa shape index (κ1) is 21.1. The van der Waals surface area contributed by atoms with Gasteiger partial charge in [0, 0.05) is 23.7 Å². The molecule has 1 heterocycles. The van der Waals surface area contributed by atoms with Crippen molar-refractivity contribution in [3.63, 3.8) is 0 Å². The minimum absolute atomic E-state index is 0.100. The molecule has 150 valence electrons. The highest BCUT2D eigenvalue weighted by molar-refractivity contribution is 8.20. The monoisotopic (exact) mass is 414 g/mol. The largest absolute Gasteiger partial charge is 0.335 e. The van der Waals surface area contributed by atoms with Gasteiger partial charge in [-0.3, -0.25) is 0 Å². The lowest BCUT2D eigenvalue weighted by atomic mass is 9.93. The maximum atomic E-state index is 12.9. The lowest BCUT2D eigenvalue weighted by Gasteiger charge is -2.28. The summed E-state index contributed by atoms with van der Waals surface area (Å²) in [5.74, 6) is 2.92. The summed E-state index contributed by atoms with van der Waals surface area (Å²) in [7, 11) is 0. The molecule has 2 aromatic rings. The Balaban J connectivity index is 1.76. The Morgan fingerprint density at radius 1 is 0.929 bits per heavy atom. The van der Waals surface area contributed by atoms with Crippen LogP contribution in [0.15, 0.2) is 48.5 Å². The Kier molecular flexibility index (Phi) is 7.00. The molecule has 0 bridgehead atoms. The number of hydrogen-bond acceptors (Lipinski definition) is 3. The lowest BCUT2D eigenvalue weighted by Crippen LogP contribution is -2.38. The van der Waals surface area contributed by atoms with E-state index in [1.807, 2.05) is 29.6 Å². The number of carbonyl (C=O) groups excluding carboxylic acids is 1. The van der Waals surface area contributed by atoms with Gasteiger partial charge in [0.25, 0.3) is 0 Å². The molecule has 5 heteroatoms. The fourth-order valence-corrected chi connectivity index (χ4v) is 6.68. The molecule has 0 spiro atoms. The molecule has 2 amide bonds.